The third-order valence-corrected chi connectivity index (χ3v) is 3.53. The summed E-state index contributed by atoms with van der Waals surface area (Å²) in [6.07, 6.45) is 1.84. The molecule has 0 saturated carbocycles. The first-order valence-electron chi connectivity index (χ1n) is 7.72. The fraction of sp³-hybridized carbons (Fsp3) is 0.0588. The Labute approximate surface area is 150 Å². The summed E-state index contributed by atoms with van der Waals surface area (Å²) in [4.78, 5) is 12.8. The fourth-order valence-electron chi connectivity index (χ4n) is 2.45. The van der Waals surface area contributed by atoms with Gasteiger partial charge in [0.05, 0.1) is 0 Å². The van der Waals surface area contributed by atoms with Crippen molar-refractivity contribution in [1.29, 1.82) is 0 Å². The molecule has 10 heteroatoms. The number of alkyl halides is 3. The van der Waals surface area contributed by atoms with Crippen molar-refractivity contribution in [2.75, 3.05) is 5.32 Å². The average Bonchev–Trinajstić information content (AvgIpc) is 3.05. The zero-order chi connectivity index (χ0) is 18.9. The summed E-state index contributed by atoms with van der Waals surface area (Å²) in [5.41, 5.74) is 2.43. The lowest BCUT2D eigenvalue weighted by Gasteiger charge is -2.09. The van der Waals surface area contributed by atoms with Gasteiger partial charge in [0.1, 0.15) is 11.4 Å². The van der Waals surface area contributed by atoms with E-state index < -0.39 is 6.36 Å². The number of halogens is 3. The van der Waals surface area contributed by atoms with E-state index in [0.717, 1.165) is 5.56 Å². The molecular formula is C17H11F3N6O. The number of ether oxygens (including phenoxy) is 1. The lowest BCUT2D eigenvalue weighted by atomic mass is 10.2. The number of pyridine rings is 1. The van der Waals surface area contributed by atoms with E-state index >= 15 is 0 Å². The second-order valence-corrected chi connectivity index (χ2v) is 5.42. The Bertz CT molecular complexity index is 1060. The molecular weight excluding hydrogens is 361 g/mol. The molecule has 0 atom stereocenters. The predicted octanol–water partition coefficient (Wildman–Crippen LogP) is 3.83. The zero-order valence-corrected chi connectivity index (χ0v) is 13.6. The standard InChI is InChI=1S/C17H11F3N6O/c18-17(19,20)27-13-5-3-12(4-6-13)23-16-24-15-14(11-2-1-7-21-10-11)22-8-9-26(15)25-16/h1-10H,(H,23,25). The highest BCUT2D eigenvalue weighted by Crippen LogP contribution is 2.25. The van der Waals surface area contributed by atoms with Gasteiger partial charge in [-0.25, -0.2) is 4.52 Å². The maximum atomic E-state index is 12.2. The van der Waals surface area contributed by atoms with Gasteiger partial charge in [0.15, 0.2) is 5.65 Å². The summed E-state index contributed by atoms with van der Waals surface area (Å²) in [7, 11) is 0. The van der Waals surface area contributed by atoms with Crippen LogP contribution in [0.2, 0.25) is 0 Å². The first-order chi connectivity index (χ1) is 13.0. The van der Waals surface area contributed by atoms with Crippen LogP contribution in [0, 0.1) is 0 Å². The van der Waals surface area contributed by atoms with Gasteiger partial charge in [-0.1, -0.05) is 0 Å². The predicted molar refractivity (Wildman–Crippen MR) is 90.4 cm³/mol. The molecule has 0 saturated heterocycles. The van der Waals surface area contributed by atoms with Gasteiger partial charge in [0.2, 0.25) is 5.95 Å². The normalized spacial score (nSPS) is 11.5. The van der Waals surface area contributed by atoms with Crippen molar-refractivity contribution in [3.8, 4) is 17.0 Å². The van der Waals surface area contributed by atoms with E-state index in [1.807, 2.05) is 6.07 Å². The number of hydrogen-bond acceptors (Lipinski definition) is 6. The molecule has 7 nitrogen and oxygen atoms in total. The van der Waals surface area contributed by atoms with Gasteiger partial charge >= 0.3 is 6.36 Å². The smallest absolute Gasteiger partial charge is 0.406 e. The Morgan fingerprint density at radius 3 is 2.56 bits per heavy atom. The van der Waals surface area contributed by atoms with Gasteiger partial charge < -0.3 is 10.1 Å². The topological polar surface area (TPSA) is 77.2 Å². The van der Waals surface area contributed by atoms with Crippen LogP contribution in [0.5, 0.6) is 5.75 Å². The van der Waals surface area contributed by atoms with Gasteiger partial charge in [0.25, 0.3) is 0 Å². The summed E-state index contributed by atoms with van der Waals surface area (Å²) >= 11 is 0. The third kappa shape index (κ3) is 3.78. The lowest BCUT2D eigenvalue weighted by Crippen LogP contribution is -2.16. The van der Waals surface area contributed by atoms with Crippen LogP contribution < -0.4 is 10.1 Å². The monoisotopic (exact) mass is 372 g/mol. The molecule has 3 heterocycles. The fourth-order valence-corrected chi connectivity index (χ4v) is 2.45. The number of nitrogens with one attached hydrogen (secondary N) is 1. The molecule has 27 heavy (non-hydrogen) atoms. The van der Waals surface area contributed by atoms with Gasteiger partial charge in [-0.3, -0.25) is 9.97 Å². The van der Waals surface area contributed by atoms with Crippen molar-refractivity contribution in [2.45, 2.75) is 6.36 Å². The molecule has 0 fully saturated rings. The number of fused-ring (bicyclic) bond motifs is 1. The Hall–Kier alpha value is -3.69. The first-order valence-corrected chi connectivity index (χ1v) is 7.72. The van der Waals surface area contributed by atoms with E-state index in [4.69, 9.17) is 0 Å². The van der Waals surface area contributed by atoms with Crippen LogP contribution in [0.4, 0.5) is 24.8 Å². The van der Waals surface area contributed by atoms with Crippen molar-refractivity contribution in [3.05, 3.63) is 61.2 Å². The van der Waals surface area contributed by atoms with Crippen LogP contribution in [0.1, 0.15) is 0 Å². The number of rotatable bonds is 4. The number of nitrogens with zero attached hydrogens (tertiary/aromatic N) is 5. The third-order valence-electron chi connectivity index (χ3n) is 3.53. The van der Waals surface area contributed by atoms with Crippen LogP contribution in [-0.4, -0.2) is 30.9 Å². The quantitative estimate of drug-likeness (QED) is 0.587. The largest absolute Gasteiger partial charge is 0.573 e. The van der Waals surface area contributed by atoms with E-state index in [-0.39, 0.29) is 11.7 Å². The summed E-state index contributed by atoms with van der Waals surface area (Å²) < 4.78 is 42.0. The maximum absolute atomic E-state index is 12.2. The van der Waals surface area contributed by atoms with Crippen LogP contribution in [0.15, 0.2) is 61.2 Å². The maximum Gasteiger partial charge on any atom is 0.573 e. The summed E-state index contributed by atoms with van der Waals surface area (Å²) in [5.74, 6) is -0.0308. The van der Waals surface area contributed by atoms with Gasteiger partial charge in [-0.2, -0.15) is 4.98 Å². The minimum atomic E-state index is -4.73. The minimum Gasteiger partial charge on any atom is -0.406 e. The molecule has 0 unspecified atom stereocenters. The first kappa shape index (κ1) is 16.8. The van der Waals surface area contributed by atoms with Crippen molar-refractivity contribution in [1.82, 2.24) is 24.6 Å². The van der Waals surface area contributed by atoms with Gasteiger partial charge in [-0.15, -0.1) is 18.3 Å². The molecule has 0 amide bonds. The van der Waals surface area contributed by atoms with Crippen LogP contribution in [0.25, 0.3) is 16.9 Å². The molecule has 3 aromatic heterocycles. The van der Waals surface area contributed by atoms with Crippen molar-refractivity contribution >= 4 is 17.3 Å². The Morgan fingerprint density at radius 1 is 1.04 bits per heavy atom. The molecule has 0 aliphatic heterocycles. The molecule has 136 valence electrons. The van der Waals surface area contributed by atoms with Crippen molar-refractivity contribution in [2.24, 2.45) is 0 Å². The highest BCUT2D eigenvalue weighted by atomic mass is 19.4. The molecule has 0 radical (unpaired) electrons. The second kappa shape index (κ2) is 6.56. The van der Waals surface area contributed by atoms with E-state index in [1.165, 1.54) is 24.3 Å². The molecule has 0 aliphatic rings. The number of benzene rings is 1. The molecule has 4 aromatic rings. The Kier molecular flexibility index (Phi) is 4.07. The highest BCUT2D eigenvalue weighted by molar-refractivity contribution is 5.73. The van der Waals surface area contributed by atoms with Crippen LogP contribution in [0.3, 0.4) is 0 Å². The SMILES string of the molecule is FC(F)(F)Oc1ccc(Nc2nc3c(-c4cccnc4)nccn3n2)cc1. The molecule has 1 aromatic carbocycles. The molecule has 0 bridgehead atoms. The summed E-state index contributed by atoms with van der Waals surface area (Å²) in [6.45, 7) is 0. The van der Waals surface area contributed by atoms with Gasteiger partial charge in [-0.05, 0) is 36.4 Å². The van der Waals surface area contributed by atoms with Gasteiger partial charge in [0, 0.05) is 36.0 Å². The van der Waals surface area contributed by atoms with Crippen LogP contribution in [-0.2, 0) is 0 Å². The Balaban J connectivity index is 1.60. The number of aromatic nitrogens is 5. The molecule has 4 rings (SSSR count). The second-order valence-electron chi connectivity index (χ2n) is 5.42. The van der Waals surface area contributed by atoms with E-state index in [2.05, 4.69) is 30.1 Å². The van der Waals surface area contributed by atoms with E-state index in [0.29, 0.717) is 17.0 Å². The summed E-state index contributed by atoms with van der Waals surface area (Å²) in [6, 6.07) is 8.93. The average molecular weight is 372 g/mol. The van der Waals surface area contributed by atoms with E-state index in [9.17, 15) is 13.2 Å². The lowest BCUT2D eigenvalue weighted by molar-refractivity contribution is -0.274. The van der Waals surface area contributed by atoms with E-state index in [1.54, 1.807) is 35.4 Å². The van der Waals surface area contributed by atoms with Crippen LogP contribution >= 0.6 is 0 Å². The number of anilines is 2. The number of hydrogen-bond donors (Lipinski definition) is 1. The molecule has 1 N–H and O–H groups in total. The summed E-state index contributed by atoms with van der Waals surface area (Å²) in [5, 5.41) is 7.24. The van der Waals surface area contributed by atoms with Crippen molar-refractivity contribution in [3.63, 3.8) is 0 Å². The molecule has 0 spiro atoms. The minimum absolute atomic E-state index is 0.276. The highest BCUT2D eigenvalue weighted by Gasteiger charge is 2.30. The van der Waals surface area contributed by atoms with Crippen molar-refractivity contribution < 1.29 is 17.9 Å². The molecule has 0 aliphatic carbocycles. The zero-order valence-electron chi connectivity index (χ0n) is 13.6. The Morgan fingerprint density at radius 2 is 1.85 bits per heavy atom.